The number of carbonyl (C=O) groups is 1. The van der Waals surface area contributed by atoms with E-state index in [1.54, 1.807) is 17.2 Å². The van der Waals surface area contributed by atoms with Crippen LogP contribution in [0.2, 0.25) is 0 Å². The van der Waals surface area contributed by atoms with Crippen LogP contribution in [0.25, 0.3) is 0 Å². The maximum atomic E-state index is 12.2. The average Bonchev–Trinajstić information content (AvgIpc) is 3.20. The fraction of sp³-hybridized carbons (Fsp3) is 0.667. The van der Waals surface area contributed by atoms with Gasteiger partial charge in [0.15, 0.2) is 0 Å². The summed E-state index contributed by atoms with van der Waals surface area (Å²) in [5.41, 5.74) is 0.816. The van der Waals surface area contributed by atoms with Gasteiger partial charge in [-0.2, -0.15) is 15.0 Å². The second-order valence-electron chi connectivity index (χ2n) is 6.59. The Kier molecular flexibility index (Phi) is 4.14. The number of amides is 2. The summed E-state index contributed by atoms with van der Waals surface area (Å²) in [6.45, 7) is 1.87. The Bertz CT molecular complexity index is 669. The Morgan fingerprint density at radius 2 is 1.92 bits per heavy atom. The molecule has 1 aliphatic heterocycles. The standard InChI is InChI=1S/C15H22N8O/c24-15(18-12-4-2-1-3-5-12)21-10-14(11-21)22-8-13(19-20-22)9-23-16-6-7-17-23/h6-8,12,14H,1-5,9-11H2,(H,18,24). The van der Waals surface area contributed by atoms with Crippen molar-refractivity contribution in [3.8, 4) is 0 Å². The van der Waals surface area contributed by atoms with Crippen LogP contribution in [0.15, 0.2) is 18.6 Å². The molecule has 0 radical (unpaired) electrons. The molecule has 9 heteroatoms. The maximum absolute atomic E-state index is 12.2. The van der Waals surface area contributed by atoms with Crippen LogP contribution in [-0.4, -0.2) is 60.1 Å². The van der Waals surface area contributed by atoms with Crippen LogP contribution < -0.4 is 5.32 Å². The highest BCUT2D eigenvalue weighted by Crippen LogP contribution is 2.22. The van der Waals surface area contributed by atoms with Crippen molar-refractivity contribution in [1.82, 2.24) is 40.2 Å². The first kappa shape index (κ1) is 15.1. The molecule has 3 heterocycles. The van der Waals surface area contributed by atoms with Crippen molar-refractivity contribution in [3.05, 3.63) is 24.3 Å². The Hall–Kier alpha value is -2.45. The van der Waals surface area contributed by atoms with E-state index >= 15 is 0 Å². The lowest BCUT2D eigenvalue weighted by Crippen LogP contribution is -2.56. The van der Waals surface area contributed by atoms with E-state index in [0.717, 1.165) is 18.5 Å². The average molecular weight is 330 g/mol. The summed E-state index contributed by atoms with van der Waals surface area (Å²) < 4.78 is 1.84. The van der Waals surface area contributed by atoms with Crippen molar-refractivity contribution in [1.29, 1.82) is 0 Å². The Morgan fingerprint density at radius 1 is 1.17 bits per heavy atom. The van der Waals surface area contributed by atoms with Gasteiger partial charge in [0.05, 0.1) is 24.6 Å². The van der Waals surface area contributed by atoms with Gasteiger partial charge in [0.25, 0.3) is 0 Å². The smallest absolute Gasteiger partial charge is 0.317 e. The van der Waals surface area contributed by atoms with Gasteiger partial charge in [-0.15, -0.1) is 5.10 Å². The second kappa shape index (κ2) is 6.58. The van der Waals surface area contributed by atoms with Crippen LogP contribution in [0.3, 0.4) is 0 Å². The topological polar surface area (TPSA) is 93.8 Å². The summed E-state index contributed by atoms with van der Waals surface area (Å²) in [4.78, 5) is 15.6. The van der Waals surface area contributed by atoms with Crippen molar-refractivity contribution in [2.45, 2.75) is 50.7 Å². The number of hydrogen-bond donors (Lipinski definition) is 1. The van der Waals surface area contributed by atoms with Gasteiger partial charge in [0.1, 0.15) is 12.2 Å². The van der Waals surface area contributed by atoms with Gasteiger partial charge in [-0.3, -0.25) is 0 Å². The normalized spacial score (nSPS) is 19.2. The molecule has 0 bridgehead atoms. The van der Waals surface area contributed by atoms with Gasteiger partial charge >= 0.3 is 6.03 Å². The molecule has 1 saturated heterocycles. The number of nitrogens with one attached hydrogen (secondary N) is 1. The lowest BCUT2D eigenvalue weighted by molar-refractivity contribution is 0.113. The van der Waals surface area contributed by atoms with Crippen molar-refractivity contribution < 1.29 is 4.79 Å². The van der Waals surface area contributed by atoms with Gasteiger partial charge < -0.3 is 10.2 Å². The zero-order valence-electron chi connectivity index (χ0n) is 13.6. The Morgan fingerprint density at radius 3 is 2.67 bits per heavy atom. The van der Waals surface area contributed by atoms with Gasteiger partial charge in [-0.1, -0.05) is 24.5 Å². The van der Waals surface area contributed by atoms with Crippen LogP contribution in [0.5, 0.6) is 0 Å². The lowest BCUT2D eigenvalue weighted by atomic mass is 9.95. The molecule has 0 spiro atoms. The quantitative estimate of drug-likeness (QED) is 0.895. The van der Waals surface area contributed by atoms with Crippen molar-refractivity contribution in [2.24, 2.45) is 0 Å². The predicted octanol–water partition coefficient (Wildman–Crippen LogP) is 0.817. The van der Waals surface area contributed by atoms with E-state index < -0.39 is 0 Å². The third-order valence-corrected chi connectivity index (χ3v) is 4.78. The van der Waals surface area contributed by atoms with Crippen LogP contribution in [-0.2, 0) is 6.54 Å². The van der Waals surface area contributed by atoms with E-state index in [1.807, 2.05) is 15.8 Å². The van der Waals surface area contributed by atoms with Crippen molar-refractivity contribution in [2.75, 3.05) is 13.1 Å². The van der Waals surface area contributed by atoms with Crippen LogP contribution >= 0.6 is 0 Å². The molecule has 2 aromatic rings. The molecule has 9 nitrogen and oxygen atoms in total. The van der Waals surface area contributed by atoms with Crippen molar-refractivity contribution >= 4 is 6.03 Å². The number of urea groups is 1. The van der Waals surface area contributed by atoms with Crippen molar-refractivity contribution in [3.63, 3.8) is 0 Å². The molecule has 128 valence electrons. The number of hydrogen-bond acceptors (Lipinski definition) is 5. The van der Waals surface area contributed by atoms with E-state index in [0.29, 0.717) is 25.7 Å². The number of rotatable bonds is 4. The summed E-state index contributed by atoms with van der Waals surface area (Å²) in [5.74, 6) is 0. The fourth-order valence-corrected chi connectivity index (χ4v) is 3.34. The molecule has 2 fully saturated rings. The first-order valence-corrected chi connectivity index (χ1v) is 8.58. The highest BCUT2D eigenvalue weighted by atomic mass is 16.2. The molecular formula is C15H22N8O. The molecule has 2 amide bonds. The lowest BCUT2D eigenvalue weighted by Gasteiger charge is -2.39. The molecule has 1 saturated carbocycles. The Balaban J connectivity index is 1.26. The fourth-order valence-electron chi connectivity index (χ4n) is 3.34. The number of nitrogens with zero attached hydrogens (tertiary/aromatic N) is 7. The monoisotopic (exact) mass is 330 g/mol. The van der Waals surface area contributed by atoms with E-state index in [4.69, 9.17) is 0 Å². The first-order chi connectivity index (χ1) is 11.8. The second-order valence-corrected chi connectivity index (χ2v) is 6.59. The van der Waals surface area contributed by atoms with Crippen LogP contribution in [0.1, 0.15) is 43.8 Å². The molecule has 0 aromatic carbocycles. The zero-order chi connectivity index (χ0) is 16.4. The SMILES string of the molecule is O=C(NC1CCCCC1)N1CC(n2cc(Cn3nccn3)nn2)C1. The highest BCUT2D eigenvalue weighted by Gasteiger charge is 2.33. The van der Waals surface area contributed by atoms with Crippen LogP contribution in [0.4, 0.5) is 4.79 Å². The third kappa shape index (κ3) is 3.24. The van der Waals surface area contributed by atoms with E-state index in [-0.39, 0.29) is 12.1 Å². The van der Waals surface area contributed by atoms with Gasteiger partial charge in [-0.05, 0) is 12.8 Å². The molecular weight excluding hydrogens is 308 g/mol. The summed E-state index contributed by atoms with van der Waals surface area (Å²) in [6.07, 6.45) is 11.1. The van der Waals surface area contributed by atoms with Gasteiger partial charge in [-0.25, -0.2) is 9.48 Å². The largest absolute Gasteiger partial charge is 0.335 e. The first-order valence-electron chi connectivity index (χ1n) is 8.58. The molecule has 0 atom stereocenters. The zero-order valence-corrected chi connectivity index (χ0v) is 13.6. The summed E-state index contributed by atoms with van der Waals surface area (Å²) in [5, 5.41) is 19.6. The molecule has 2 aliphatic rings. The Labute approximate surface area is 140 Å². The minimum Gasteiger partial charge on any atom is -0.335 e. The molecule has 2 aromatic heterocycles. The third-order valence-electron chi connectivity index (χ3n) is 4.78. The van der Waals surface area contributed by atoms with Gasteiger partial charge in [0.2, 0.25) is 0 Å². The molecule has 24 heavy (non-hydrogen) atoms. The summed E-state index contributed by atoms with van der Waals surface area (Å²) >= 11 is 0. The number of aromatic nitrogens is 6. The van der Waals surface area contributed by atoms with E-state index in [9.17, 15) is 4.79 Å². The minimum atomic E-state index is 0.0548. The molecule has 0 unspecified atom stereocenters. The minimum absolute atomic E-state index is 0.0548. The summed E-state index contributed by atoms with van der Waals surface area (Å²) in [6, 6.07) is 0.609. The highest BCUT2D eigenvalue weighted by molar-refractivity contribution is 5.75. The maximum Gasteiger partial charge on any atom is 0.317 e. The molecule has 1 N–H and O–H groups in total. The predicted molar refractivity (Wildman–Crippen MR) is 85.2 cm³/mol. The molecule has 4 rings (SSSR count). The van der Waals surface area contributed by atoms with Gasteiger partial charge in [0, 0.05) is 19.1 Å². The van der Waals surface area contributed by atoms with E-state index in [1.165, 1.54) is 19.3 Å². The molecule has 1 aliphatic carbocycles. The summed E-state index contributed by atoms with van der Waals surface area (Å²) in [7, 11) is 0. The van der Waals surface area contributed by atoms with E-state index in [2.05, 4.69) is 25.8 Å². The van der Waals surface area contributed by atoms with Crippen LogP contribution in [0, 0.1) is 0 Å². The number of carbonyl (C=O) groups excluding carboxylic acids is 1. The number of likely N-dealkylation sites (tertiary alicyclic amines) is 1.